The van der Waals surface area contributed by atoms with Gasteiger partial charge in [0.15, 0.2) is 18.2 Å². The first-order valence-corrected chi connectivity index (χ1v) is 10.6. The number of carbonyl (C=O) groups is 2. The van der Waals surface area contributed by atoms with Gasteiger partial charge >= 0.3 is 0 Å². The van der Waals surface area contributed by atoms with Gasteiger partial charge in [-0.15, -0.1) is 11.3 Å². The second kappa shape index (κ2) is 8.92. The molecule has 1 saturated heterocycles. The van der Waals surface area contributed by atoms with Crippen LogP contribution in [0.4, 0.5) is 9.39 Å². The maximum atomic E-state index is 13.7. The Bertz CT molecular complexity index is 908. The van der Waals surface area contributed by atoms with E-state index < -0.39 is 11.7 Å². The number of benzene rings is 1. The Morgan fingerprint density at radius 3 is 2.72 bits per heavy atom. The zero-order valence-electron chi connectivity index (χ0n) is 16.0. The fraction of sp³-hybridized carbons (Fsp3) is 0.429. The lowest BCUT2D eigenvalue weighted by atomic mass is 9.95. The Morgan fingerprint density at radius 1 is 1.17 bits per heavy atom. The molecule has 8 heteroatoms. The van der Waals surface area contributed by atoms with E-state index in [9.17, 15) is 14.0 Å². The number of ether oxygens (including phenoxy) is 2. The van der Waals surface area contributed by atoms with Crippen molar-refractivity contribution in [2.45, 2.75) is 25.7 Å². The van der Waals surface area contributed by atoms with Crippen molar-refractivity contribution in [2.75, 3.05) is 38.2 Å². The van der Waals surface area contributed by atoms with Gasteiger partial charge < -0.3 is 19.7 Å². The van der Waals surface area contributed by atoms with Crippen molar-refractivity contribution in [3.63, 3.8) is 0 Å². The number of amides is 2. The lowest BCUT2D eigenvalue weighted by Crippen LogP contribution is -2.41. The molecule has 29 heavy (non-hydrogen) atoms. The van der Waals surface area contributed by atoms with Crippen LogP contribution in [0.3, 0.4) is 0 Å². The number of halogens is 1. The summed E-state index contributed by atoms with van der Waals surface area (Å²) in [5.74, 6) is -0.964. The second-order valence-corrected chi connectivity index (χ2v) is 8.19. The van der Waals surface area contributed by atoms with Crippen molar-refractivity contribution in [1.29, 1.82) is 0 Å². The molecule has 0 atom stereocenters. The summed E-state index contributed by atoms with van der Waals surface area (Å²) < 4.78 is 24.3. The van der Waals surface area contributed by atoms with Gasteiger partial charge in [0.05, 0.1) is 18.8 Å². The molecule has 2 heterocycles. The number of nitrogens with one attached hydrogen (secondary N) is 1. The third-order valence-electron chi connectivity index (χ3n) is 5.13. The van der Waals surface area contributed by atoms with Crippen LogP contribution in [-0.4, -0.2) is 49.6 Å². The molecule has 2 aromatic rings. The Balaban J connectivity index is 1.51. The molecule has 1 aromatic carbocycles. The number of fused-ring (bicyclic) bond motifs is 1. The molecule has 4 rings (SSSR count). The lowest BCUT2D eigenvalue weighted by Gasteiger charge is -2.27. The first-order chi connectivity index (χ1) is 14.1. The van der Waals surface area contributed by atoms with Crippen LogP contribution < -0.4 is 10.1 Å². The van der Waals surface area contributed by atoms with Gasteiger partial charge in [0.25, 0.3) is 11.8 Å². The standard InChI is InChI=1S/C21H23FN2O4S/c22-15-6-2-3-7-16(15)28-13-18(25)23-20-19(14-5-1-4-8-17(14)29-20)21(26)24-9-11-27-12-10-24/h2-3,6-7H,1,4-5,8-13H2,(H,23,25). The number of thiophene rings is 1. The topological polar surface area (TPSA) is 67.9 Å². The molecule has 0 unspecified atom stereocenters. The van der Waals surface area contributed by atoms with E-state index in [1.807, 2.05) is 0 Å². The highest BCUT2D eigenvalue weighted by atomic mass is 32.1. The molecule has 1 aliphatic carbocycles. The van der Waals surface area contributed by atoms with Crippen LogP contribution in [0.2, 0.25) is 0 Å². The highest BCUT2D eigenvalue weighted by molar-refractivity contribution is 7.17. The Morgan fingerprint density at radius 2 is 1.93 bits per heavy atom. The third-order valence-corrected chi connectivity index (χ3v) is 6.34. The average Bonchev–Trinajstić information content (AvgIpc) is 3.11. The van der Waals surface area contributed by atoms with Crippen molar-refractivity contribution in [3.8, 4) is 5.75 Å². The number of hydrogen-bond acceptors (Lipinski definition) is 5. The van der Waals surface area contributed by atoms with Crippen LogP contribution in [-0.2, 0) is 22.4 Å². The minimum Gasteiger partial charge on any atom is -0.481 e. The van der Waals surface area contributed by atoms with Crippen LogP contribution in [0.5, 0.6) is 5.75 Å². The number of hydrogen-bond donors (Lipinski definition) is 1. The molecule has 2 aliphatic rings. The summed E-state index contributed by atoms with van der Waals surface area (Å²) in [6.07, 6.45) is 3.89. The molecule has 2 amide bonds. The number of nitrogens with zero attached hydrogens (tertiary/aromatic N) is 1. The summed E-state index contributed by atoms with van der Waals surface area (Å²) in [7, 11) is 0. The zero-order chi connectivity index (χ0) is 20.2. The lowest BCUT2D eigenvalue weighted by molar-refractivity contribution is -0.118. The Kier molecular flexibility index (Phi) is 6.10. The zero-order valence-corrected chi connectivity index (χ0v) is 16.9. The van der Waals surface area contributed by atoms with E-state index in [2.05, 4.69) is 5.32 Å². The van der Waals surface area contributed by atoms with Gasteiger partial charge in [0, 0.05) is 18.0 Å². The highest BCUT2D eigenvalue weighted by Gasteiger charge is 2.30. The van der Waals surface area contributed by atoms with Crippen molar-refractivity contribution in [1.82, 2.24) is 4.90 Å². The molecular weight excluding hydrogens is 395 g/mol. The van der Waals surface area contributed by atoms with Crippen LogP contribution in [0, 0.1) is 5.82 Å². The van der Waals surface area contributed by atoms with Crippen LogP contribution in [0.1, 0.15) is 33.6 Å². The number of para-hydroxylation sites is 1. The van der Waals surface area contributed by atoms with Gasteiger partial charge in [0.2, 0.25) is 0 Å². The highest BCUT2D eigenvalue weighted by Crippen LogP contribution is 2.39. The molecule has 1 aromatic heterocycles. The maximum absolute atomic E-state index is 13.7. The van der Waals surface area contributed by atoms with Gasteiger partial charge in [-0.3, -0.25) is 9.59 Å². The largest absolute Gasteiger partial charge is 0.481 e. The quantitative estimate of drug-likeness (QED) is 0.809. The normalized spacial score (nSPS) is 16.2. The summed E-state index contributed by atoms with van der Waals surface area (Å²) in [6, 6.07) is 5.95. The summed E-state index contributed by atoms with van der Waals surface area (Å²) in [5, 5.41) is 3.40. The number of aryl methyl sites for hydroxylation is 1. The van der Waals surface area contributed by atoms with Crippen LogP contribution >= 0.6 is 11.3 Å². The fourth-order valence-electron chi connectivity index (χ4n) is 3.67. The maximum Gasteiger partial charge on any atom is 0.262 e. The number of anilines is 1. The average molecular weight is 418 g/mol. The Hall–Kier alpha value is -2.45. The number of morpholine rings is 1. The van der Waals surface area contributed by atoms with Gasteiger partial charge in [-0.05, 0) is 43.4 Å². The molecule has 154 valence electrons. The second-order valence-electron chi connectivity index (χ2n) is 7.09. The molecule has 1 aliphatic heterocycles. The molecule has 0 radical (unpaired) electrons. The predicted octanol–water partition coefficient (Wildman–Crippen LogP) is 3.26. The number of rotatable bonds is 5. The van der Waals surface area contributed by atoms with E-state index >= 15 is 0 Å². The summed E-state index contributed by atoms with van der Waals surface area (Å²) >= 11 is 1.47. The van der Waals surface area contributed by atoms with Gasteiger partial charge in [-0.2, -0.15) is 0 Å². The van der Waals surface area contributed by atoms with Gasteiger partial charge in [-0.25, -0.2) is 4.39 Å². The molecule has 0 spiro atoms. The van der Waals surface area contributed by atoms with E-state index in [1.165, 1.54) is 23.5 Å². The first-order valence-electron chi connectivity index (χ1n) is 9.82. The minimum absolute atomic E-state index is 0.0257. The van der Waals surface area contributed by atoms with Crippen molar-refractivity contribution < 1.29 is 23.5 Å². The fourth-order valence-corrected chi connectivity index (χ4v) is 4.97. The molecular formula is C21H23FN2O4S. The minimum atomic E-state index is -0.518. The molecule has 1 N–H and O–H groups in total. The first kappa shape index (κ1) is 19.8. The number of carbonyl (C=O) groups excluding carboxylic acids is 2. The van der Waals surface area contributed by atoms with E-state index in [1.54, 1.807) is 17.0 Å². The molecule has 0 bridgehead atoms. The van der Waals surface area contributed by atoms with Crippen molar-refractivity contribution in [2.24, 2.45) is 0 Å². The summed E-state index contributed by atoms with van der Waals surface area (Å²) in [5.41, 5.74) is 1.66. The Labute approximate surface area is 172 Å². The summed E-state index contributed by atoms with van der Waals surface area (Å²) in [6.45, 7) is 1.82. The molecule has 0 saturated carbocycles. The molecule has 1 fully saturated rings. The van der Waals surface area contributed by atoms with Crippen LogP contribution in [0.25, 0.3) is 0 Å². The predicted molar refractivity (Wildman–Crippen MR) is 108 cm³/mol. The SMILES string of the molecule is O=C(COc1ccccc1F)Nc1sc2c(c1C(=O)N1CCOCC1)CCCC2. The van der Waals surface area contributed by atoms with E-state index in [4.69, 9.17) is 9.47 Å². The van der Waals surface area contributed by atoms with Crippen molar-refractivity contribution >= 4 is 28.2 Å². The monoisotopic (exact) mass is 418 g/mol. The van der Waals surface area contributed by atoms with Gasteiger partial charge in [0.1, 0.15) is 5.00 Å². The summed E-state index contributed by atoms with van der Waals surface area (Å²) in [4.78, 5) is 28.6. The van der Waals surface area contributed by atoms with Gasteiger partial charge in [-0.1, -0.05) is 12.1 Å². The van der Waals surface area contributed by atoms with E-state index in [-0.39, 0.29) is 18.3 Å². The van der Waals surface area contributed by atoms with E-state index in [0.29, 0.717) is 36.9 Å². The smallest absolute Gasteiger partial charge is 0.262 e. The van der Waals surface area contributed by atoms with E-state index in [0.717, 1.165) is 36.1 Å². The molecule has 6 nitrogen and oxygen atoms in total. The van der Waals surface area contributed by atoms with Crippen LogP contribution in [0.15, 0.2) is 24.3 Å². The van der Waals surface area contributed by atoms with Crippen molar-refractivity contribution in [3.05, 3.63) is 46.1 Å². The third kappa shape index (κ3) is 4.43.